The molecule has 6 aromatic carbocycles. The number of hydrogen-bond acceptors (Lipinski definition) is 22. The van der Waals surface area contributed by atoms with Crippen LogP contribution >= 0.6 is 69.3 Å². The molecule has 714 valence electrons. The molecule has 0 fully saturated rings. The number of halogens is 12. The molecule has 7 atom stereocenters. The minimum Gasteiger partial charge on any atom is -0.502 e. The zero-order valence-electron chi connectivity index (χ0n) is 72.4. The second-order valence-corrected chi connectivity index (χ2v) is 38.2. The van der Waals surface area contributed by atoms with Crippen molar-refractivity contribution >= 4 is 92.9 Å². The van der Waals surface area contributed by atoms with Crippen LogP contribution in [0.1, 0.15) is 155 Å². The monoisotopic (exact) mass is 2000 g/mol. The molecule has 0 saturated carbocycles. The number of hydrogen-bond donors (Lipinski definition) is 5. The van der Waals surface area contributed by atoms with E-state index in [9.17, 15) is 96.1 Å². The van der Waals surface area contributed by atoms with Gasteiger partial charge in [0.15, 0.2) is 45.8 Å². The van der Waals surface area contributed by atoms with Gasteiger partial charge in [0.05, 0.1) is 30.8 Å². The third-order valence-corrected chi connectivity index (χ3v) is 29.8. The zero-order valence-corrected chi connectivity index (χ0v) is 77.3. The molecular formula is C95H82F12N12O12S6. The molecule has 137 heavy (non-hydrogen) atoms. The second-order valence-electron chi connectivity index (χ2n) is 31.7. The number of nitrogens with two attached hydrogens (primary N) is 1. The van der Waals surface area contributed by atoms with Crippen molar-refractivity contribution in [2.75, 3.05) is 34.6 Å². The summed E-state index contributed by atoms with van der Waals surface area (Å²) >= 11 is 9.73. The maximum Gasteiger partial charge on any atom is 0.408 e. The Morgan fingerprint density at radius 3 is 1.20 bits per heavy atom. The number of carbonyl (C=O) groups is 4. The van der Waals surface area contributed by atoms with Crippen molar-refractivity contribution < 1.29 is 91.2 Å². The van der Waals surface area contributed by atoms with E-state index in [1.807, 2.05) is 137 Å². The van der Waals surface area contributed by atoms with Crippen LogP contribution in [0.2, 0.25) is 0 Å². The van der Waals surface area contributed by atoms with Crippen LogP contribution < -0.4 is 67.8 Å². The van der Waals surface area contributed by atoms with Gasteiger partial charge in [-0.3, -0.25) is 67.1 Å². The second kappa shape index (κ2) is 41.3. The number of ether oxygens (including phenoxy) is 3. The Labute approximate surface area is 797 Å². The molecule has 42 heteroatoms. The van der Waals surface area contributed by atoms with Gasteiger partial charge in [-0.2, -0.15) is 52.7 Å². The molecule has 18 rings (SSSR count). The maximum atomic E-state index is 14.1. The highest BCUT2D eigenvalue weighted by atomic mass is 32.2. The summed E-state index contributed by atoms with van der Waals surface area (Å²) in [6.07, 6.45) is -13.5. The number of alkyl halides is 12. The van der Waals surface area contributed by atoms with Crippen LogP contribution in [0.3, 0.4) is 0 Å². The number of rotatable bonds is 19. The lowest BCUT2D eigenvalue weighted by Gasteiger charge is -2.46. The van der Waals surface area contributed by atoms with E-state index in [1.54, 1.807) is 151 Å². The van der Waals surface area contributed by atoms with Crippen molar-refractivity contribution in [2.45, 2.75) is 144 Å². The van der Waals surface area contributed by atoms with Gasteiger partial charge in [0.2, 0.25) is 21.7 Å². The summed E-state index contributed by atoms with van der Waals surface area (Å²) in [6, 6.07) is 50.7. The minimum absolute atomic E-state index is 0.0211. The molecule has 1 unspecified atom stereocenters. The zero-order chi connectivity index (χ0) is 97.7. The van der Waals surface area contributed by atoms with Gasteiger partial charge in [0.1, 0.15) is 57.3 Å². The Hall–Kier alpha value is -13.3. The largest absolute Gasteiger partial charge is 0.502 e. The normalized spacial score (nSPS) is 16.3. The molecule has 0 spiro atoms. The summed E-state index contributed by atoms with van der Waals surface area (Å²) in [5, 5.41) is 23.4. The molecule has 6 N–H and O–H groups in total. The smallest absolute Gasteiger partial charge is 0.408 e. The van der Waals surface area contributed by atoms with Gasteiger partial charge in [-0.15, -0.1) is 69.3 Å². The summed E-state index contributed by atoms with van der Waals surface area (Å²) in [4.78, 5) is 104. The van der Waals surface area contributed by atoms with Crippen LogP contribution in [-0.4, -0.2) is 119 Å². The number of aromatic hydroxyl groups is 1. The fourth-order valence-corrected chi connectivity index (χ4v) is 22.0. The fraction of sp³-hybridized carbons (Fsp3) is 0.242. The number of pyridine rings is 4. The molecule has 5 aliphatic heterocycles. The van der Waals surface area contributed by atoms with E-state index in [2.05, 4.69) is 5.43 Å². The molecule has 0 aliphatic carbocycles. The summed E-state index contributed by atoms with van der Waals surface area (Å²) in [5.74, 6) is 1.63. The molecule has 7 aromatic heterocycles. The molecule has 4 amide bonds. The Morgan fingerprint density at radius 1 is 0.409 bits per heavy atom. The fourth-order valence-electron chi connectivity index (χ4n) is 15.5. The highest BCUT2D eigenvalue weighted by Crippen LogP contribution is 2.50. The Kier molecular flexibility index (Phi) is 29.6. The summed E-state index contributed by atoms with van der Waals surface area (Å²) < 4.78 is 186. The van der Waals surface area contributed by atoms with E-state index in [0.717, 1.165) is 135 Å². The SMILES string of the molecule is C[C@@H](N1CN([C@H]2c3ccccc3CSc3sccc32)n2ccc(=O)c(O)c2C1=O)C(F)(F)F.C[C@@H](N1CN([C@H]2c3ccccc3CSc3sccc32)n2ccc(=O)c(OCc3ccccc3)c2C1=O)C(F)(F)F.C[C@@H](NC(=O)c1c(OCc2ccccc2)c(=O)ccn1N)C(F)(F)F.C[C@@H](NC(=O)c1c(OCc2ccccc2)c(=O)ccn1NC1c2ccccc2CSc2sccc21)C(F)(F)F. The molecule has 24 nitrogen and oxygen atoms in total. The van der Waals surface area contributed by atoms with E-state index in [-0.39, 0.29) is 56.0 Å². The Balaban J connectivity index is 0.000000141. The highest BCUT2D eigenvalue weighted by molar-refractivity contribution is 8.01. The molecule has 5 aliphatic rings. The number of nitrogens with one attached hydrogen (secondary N) is 3. The quantitative estimate of drug-likeness (QED) is 0.0371. The van der Waals surface area contributed by atoms with Crippen LogP contribution in [0.5, 0.6) is 23.0 Å². The number of thiophene rings is 3. The predicted molar refractivity (Wildman–Crippen MR) is 498 cm³/mol. The van der Waals surface area contributed by atoms with Crippen molar-refractivity contribution in [1.82, 2.24) is 39.1 Å². The van der Waals surface area contributed by atoms with E-state index in [1.165, 1.54) is 44.8 Å². The van der Waals surface area contributed by atoms with Gasteiger partial charge in [-0.05, 0) is 112 Å². The average Bonchev–Trinajstić information content (AvgIpc) is 1.70. The van der Waals surface area contributed by atoms with Crippen molar-refractivity contribution in [1.29, 1.82) is 0 Å². The number of nitrogen functional groups attached to an aromatic ring is 1. The van der Waals surface area contributed by atoms with Crippen LogP contribution in [0.25, 0.3) is 0 Å². The molecule has 0 bridgehead atoms. The van der Waals surface area contributed by atoms with Crippen molar-refractivity contribution in [3.63, 3.8) is 0 Å². The van der Waals surface area contributed by atoms with Gasteiger partial charge in [-0.1, -0.05) is 164 Å². The van der Waals surface area contributed by atoms with Crippen molar-refractivity contribution in [2.24, 2.45) is 0 Å². The lowest BCUT2D eigenvalue weighted by Crippen LogP contribution is -2.60. The number of carbonyl (C=O) groups excluding carboxylic acids is 4. The highest BCUT2D eigenvalue weighted by Gasteiger charge is 2.51. The first-order valence-electron chi connectivity index (χ1n) is 42.0. The molecule has 13 aromatic rings. The van der Waals surface area contributed by atoms with E-state index >= 15 is 0 Å². The number of benzene rings is 6. The van der Waals surface area contributed by atoms with Gasteiger partial charge >= 0.3 is 24.7 Å². The van der Waals surface area contributed by atoms with Gasteiger partial charge in [0.25, 0.3) is 23.6 Å². The predicted octanol–water partition coefficient (Wildman–Crippen LogP) is 18.4. The number of amides is 4. The van der Waals surface area contributed by atoms with Crippen LogP contribution in [0, 0.1) is 0 Å². The van der Waals surface area contributed by atoms with E-state index in [4.69, 9.17) is 20.1 Å². The van der Waals surface area contributed by atoms with E-state index in [0.29, 0.717) is 22.0 Å². The van der Waals surface area contributed by atoms with E-state index < -0.39 is 135 Å². The summed E-state index contributed by atoms with van der Waals surface area (Å²) in [7, 11) is 0. The lowest BCUT2D eigenvalue weighted by atomic mass is 9.96. The third kappa shape index (κ3) is 21.6. The van der Waals surface area contributed by atoms with Gasteiger partial charge < -0.3 is 51.0 Å². The standard InChI is InChI=1S/C29H24F3N3O3S2.C28H24F3N3O3S2.C22H18F3N3O3S2.C16H16F3N3O3/c1-18(29(30,31)32)33-17-35(24-21-10-6-5-9-20(21)16-40-28-22(24)12-14-39-28)34-13-11-23(36)26(25(34)27(33)37)38-15-19-7-3-2-4-8-19;1-17(28(29,30)31)32-26(36)24-25(37-15-18-7-3-2-4-8-18)22(35)11-13-34(24)33-23-20-10-6-5-9-19(20)16-39-27-21(23)12-14-38-27;1-12(22(23,24)25)26-11-28(27-8-6-16(29)19(30)18(27)20(26)31)17-14-5-3-2-4-13(14)10-33-21-15(17)7-9-32-21;1-10(16(17,18)19)21-15(24)13-14(12(23)7-8-22(13)20)25-9-11-5-3-2-4-6-11/h2-14,18,24H,15-17H2,1H3;2-14,17,23,33H,15-16H2,1H3,(H,32,36);2-9,12,17,30H,10-11H2,1H3;2-8,10H,9,20H2,1H3,(H,21,24)/t18-,24+;17-,23?;12-,17+;10-/m1111/s1. The lowest BCUT2D eigenvalue weighted by molar-refractivity contribution is -0.173. The Morgan fingerprint density at radius 2 is 0.759 bits per heavy atom. The number of fused-ring (bicyclic) bond motifs is 8. The average molecular weight is 2000 g/mol. The first kappa shape index (κ1) is 98.2. The topological polar surface area (TPSA) is 279 Å². The molecule has 0 radical (unpaired) electrons. The Bertz CT molecular complexity index is 6860. The first-order valence-corrected chi connectivity index (χ1v) is 47.6. The summed E-state index contributed by atoms with van der Waals surface area (Å²) in [6.45, 7) is 2.65. The van der Waals surface area contributed by atoms with Gasteiger partial charge in [0, 0.05) is 83.0 Å². The van der Waals surface area contributed by atoms with Crippen LogP contribution in [-0.2, 0) is 37.1 Å². The number of aromatic nitrogens is 4. The van der Waals surface area contributed by atoms with Crippen LogP contribution in [0.4, 0.5) is 52.7 Å². The van der Waals surface area contributed by atoms with Crippen LogP contribution in [0.15, 0.2) is 279 Å². The molecular weight excluding hydrogens is 1920 g/mol. The number of nitrogens with zero attached hydrogens (tertiary/aromatic N) is 8. The third-order valence-electron chi connectivity index (χ3n) is 22.9. The number of thioether (sulfide) groups is 3. The van der Waals surface area contributed by atoms with Gasteiger partial charge in [-0.25, -0.2) is 0 Å². The molecule has 12 heterocycles. The van der Waals surface area contributed by atoms with Crippen molar-refractivity contribution in [3.05, 3.63) is 378 Å². The molecule has 0 saturated heterocycles. The minimum atomic E-state index is -4.68. The van der Waals surface area contributed by atoms with Crippen molar-refractivity contribution in [3.8, 4) is 23.0 Å². The first-order chi connectivity index (χ1) is 65.3. The maximum absolute atomic E-state index is 14.1. The summed E-state index contributed by atoms with van der Waals surface area (Å²) in [5.41, 5.74) is 10.00.